The molecule has 8 nitrogen and oxygen atoms in total. The molecule has 0 N–H and O–H groups in total. The minimum Gasteiger partial charge on any atom is -0.440 e. The fourth-order valence-corrected chi connectivity index (χ4v) is 4.07. The number of nitrogens with zero attached hydrogens (tertiary/aromatic N) is 2. The van der Waals surface area contributed by atoms with Crippen molar-refractivity contribution in [1.29, 1.82) is 0 Å². The van der Waals surface area contributed by atoms with Gasteiger partial charge in [-0.3, -0.25) is 24.1 Å². The van der Waals surface area contributed by atoms with E-state index >= 15 is 0 Å². The first kappa shape index (κ1) is 21.3. The molecule has 2 aliphatic heterocycles. The third-order valence-electron chi connectivity index (χ3n) is 5.88. The van der Waals surface area contributed by atoms with Gasteiger partial charge in [-0.15, -0.1) is 0 Å². The van der Waals surface area contributed by atoms with Gasteiger partial charge in [0.15, 0.2) is 6.73 Å². The summed E-state index contributed by atoms with van der Waals surface area (Å²) in [7, 11) is 0. The van der Waals surface area contributed by atoms with Crippen LogP contribution >= 0.6 is 0 Å². The Morgan fingerprint density at radius 3 is 1.88 bits per heavy atom. The molecule has 3 aromatic carbocycles. The molecule has 0 fully saturated rings. The monoisotopic (exact) mass is 454 g/mol. The molecule has 8 heteroatoms. The highest BCUT2D eigenvalue weighted by molar-refractivity contribution is 6.22. The van der Waals surface area contributed by atoms with Crippen LogP contribution in [0.3, 0.4) is 0 Å². The summed E-state index contributed by atoms with van der Waals surface area (Å²) in [5.74, 6) is -2.80. The number of amides is 4. The van der Waals surface area contributed by atoms with E-state index in [1.807, 2.05) is 30.3 Å². The zero-order chi connectivity index (χ0) is 23.8. The molecule has 34 heavy (non-hydrogen) atoms. The van der Waals surface area contributed by atoms with Crippen LogP contribution in [0, 0.1) is 0 Å². The Kier molecular flexibility index (Phi) is 5.25. The first-order valence-electron chi connectivity index (χ1n) is 10.6. The van der Waals surface area contributed by atoms with Gasteiger partial charge in [-0.2, -0.15) is 0 Å². The van der Waals surface area contributed by atoms with Gasteiger partial charge in [-0.1, -0.05) is 42.5 Å². The Morgan fingerprint density at radius 1 is 0.647 bits per heavy atom. The maximum atomic E-state index is 12.8. The fourth-order valence-electron chi connectivity index (χ4n) is 4.07. The first-order valence-corrected chi connectivity index (χ1v) is 10.6. The summed E-state index contributed by atoms with van der Waals surface area (Å²) in [5, 5.41) is 0. The van der Waals surface area contributed by atoms with E-state index in [4.69, 9.17) is 4.74 Å². The lowest BCUT2D eigenvalue weighted by Gasteiger charge is -2.14. The zero-order valence-electron chi connectivity index (χ0n) is 17.9. The highest BCUT2D eigenvalue weighted by atomic mass is 16.5. The maximum Gasteiger partial charge on any atom is 0.339 e. The van der Waals surface area contributed by atoms with E-state index < -0.39 is 36.3 Å². The van der Waals surface area contributed by atoms with E-state index in [1.54, 1.807) is 12.1 Å². The van der Waals surface area contributed by atoms with Gasteiger partial charge in [0.2, 0.25) is 0 Å². The fraction of sp³-hybridized carbons (Fsp3) is 0.115. The molecule has 2 heterocycles. The van der Waals surface area contributed by atoms with Gasteiger partial charge in [0, 0.05) is 6.54 Å². The average Bonchev–Trinajstić information content (AvgIpc) is 3.26. The number of carbonyl (C=O) groups is 5. The van der Waals surface area contributed by atoms with Gasteiger partial charge in [0.25, 0.3) is 23.6 Å². The van der Waals surface area contributed by atoms with Crippen molar-refractivity contribution in [2.24, 2.45) is 0 Å². The molecule has 3 aromatic rings. The van der Waals surface area contributed by atoms with Crippen LogP contribution in [0.4, 0.5) is 0 Å². The molecule has 0 saturated carbocycles. The normalized spacial score (nSPS) is 14.5. The molecule has 2 aliphatic rings. The molecule has 0 aliphatic carbocycles. The first-order chi connectivity index (χ1) is 16.5. The molecule has 0 saturated heterocycles. The summed E-state index contributed by atoms with van der Waals surface area (Å²) >= 11 is 0. The summed E-state index contributed by atoms with van der Waals surface area (Å²) in [4.78, 5) is 65.0. The molecule has 0 spiro atoms. The third kappa shape index (κ3) is 3.55. The Morgan fingerprint density at radius 2 is 1.21 bits per heavy atom. The summed E-state index contributed by atoms with van der Waals surface area (Å²) in [6.45, 7) is -0.339. The predicted octanol–water partition coefficient (Wildman–Crippen LogP) is 2.94. The number of fused-ring (bicyclic) bond motifs is 2. The van der Waals surface area contributed by atoms with Crippen LogP contribution in [0.5, 0.6) is 0 Å². The van der Waals surface area contributed by atoms with Gasteiger partial charge in [-0.25, -0.2) is 9.69 Å². The quantitative estimate of drug-likeness (QED) is 0.419. The standard InChI is InChI=1S/C26H18N2O6/c29-22-20-11-10-17(14-21(20)25(32)27(22)13-12-16-6-2-1-3-7-16)26(33)34-15-28-23(30)18-8-4-5-9-19(18)24(28)31/h1-11,14H,12-13,15H2. The van der Waals surface area contributed by atoms with Crippen molar-refractivity contribution in [3.63, 3.8) is 0 Å². The predicted molar refractivity (Wildman–Crippen MR) is 119 cm³/mol. The topological polar surface area (TPSA) is 101 Å². The van der Waals surface area contributed by atoms with Gasteiger partial charge < -0.3 is 4.74 Å². The number of benzene rings is 3. The molecule has 0 bridgehead atoms. The Labute approximate surface area is 194 Å². The number of rotatable bonds is 6. The second-order valence-corrected chi connectivity index (χ2v) is 7.90. The van der Waals surface area contributed by atoms with Crippen molar-refractivity contribution in [1.82, 2.24) is 9.80 Å². The lowest BCUT2D eigenvalue weighted by Crippen LogP contribution is -2.33. The lowest BCUT2D eigenvalue weighted by molar-refractivity contribution is 0.0227. The van der Waals surface area contributed by atoms with Crippen molar-refractivity contribution in [2.75, 3.05) is 13.3 Å². The van der Waals surface area contributed by atoms with Gasteiger partial charge >= 0.3 is 5.97 Å². The van der Waals surface area contributed by atoms with Crippen LogP contribution in [-0.4, -0.2) is 52.7 Å². The molecule has 0 atom stereocenters. The lowest BCUT2D eigenvalue weighted by atomic mass is 10.1. The molecule has 5 rings (SSSR count). The average molecular weight is 454 g/mol. The van der Waals surface area contributed by atoms with Crippen LogP contribution in [-0.2, 0) is 11.2 Å². The maximum absolute atomic E-state index is 12.8. The van der Waals surface area contributed by atoms with Gasteiger partial charge in [0.1, 0.15) is 0 Å². The molecule has 168 valence electrons. The summed E-state index contributed by atoms with van der Waals surface area (Å²) in [5.41, 5.74) is 1.88. The van der Waals surface area contributed by atoms with E-state index in [2.05, 4.69) is 0 Å². The van der Waals surface area contributed by atoms with Crippen molar-refractivity contribution >= 4 is 29.6 Å². The van der Waals surface area contributed by atoms with E-state index in [9.17, 15) is 24.0 Å². The van der Waals surface area contributed by atoms with Crippen LogP contribution in [0.25, 0.3) is 0 Å². The summed E-state index contributed by atoms with van der Waals surface area (Å²) in [6, 6.07) is 20.0. The number of imide groups is 2. The van der Waals surface area contributed by atoms with Crippen LogP contribution in [0.15, 0.2) is 72.8 Å². The number of ether oxygens (including phenoxy) is 1. The minimum atomic E-state index is -0.817. The Hall–Kier alpha value is -4.59. The van der Waals surface area contributed by atoms with Crippen LogP contribution in [0.1, 0.15) is 57.4 Å². The Balaban J connectivity index is 1.26. The van der Waals surface area contributed by atoms with E-state index in [-0.39, 0.29) is 34.4 Å². The van der Waals surface area contributed by atoms with Crippen molar-refractivity contribution < 1.29 is 28.7 Å². The highest BCUT2D eigenvalue weighted by Crippen LogP contribution is 2.26. The molecular weight excluding hydrogens is 436 g/mol. The zero-order valence-corrected chi connectivity index (χ0v) is 17.9. The van der Waals surface area contributed by atoms with Gasteiger partial charge in [0.05, 0.1) is 27.8 Å². The number of carbonyl (C=O) groups excluding carboxylic acids is 5. The number of hydrogen-bond donors (Lipinski definition) is 0. The van der Waals surface area contributed by atoms with E-state index in [1.165, 1.54) is 30.3 Å². The van der Waals surface area contributed by atoms with Crippen molar-refractivity contribution in [2.45, 2.75) is 6.42 Å². The molecular formula is C26H18N2O6. The number of hydrogen-bond acceptors (Lipinski definition) is 6. The summed E-state index contributed by atoms with van der Waals surface area (Å²) in [6.07, 6.45) is 0.515. The van der Waals surface area contributed by atoms with Crippen molar-refractivity contribution in [3.8, 4) is 0 Å². The van der Waals surface area contributed by atoms with E-state index in [0.29, 0.717) is 6.42 Å². The molecule has 0 aromatic heterocycles. The molecule has 0 radical (unpaired) electrons. The largest absolute Gasteiger partial charge is 0.440 e. The molecule has 4 amide bonds. The molecule has 0 unspecified atom stereocenters. The minimum absolute atomic E-state index is 0.0430. The van der Waals surface area contributed by atoms with Crippen LogP contribution < -0.4 is 0 Å². The second-order valence-electron chi connectivity index (χ2n) is 7.90. The smallest absolute Gasteiger partial charge is 0.339 e. The SMILES string of the molecule is O=C(OCN1C(=O)c2ccccc2C1=O)c1ccc2c(c1)C(=O)N(CCc1ccccc1)C2=O. The van der Waals surface area contributed by atoms with Crippen LogP contribution in [0.2, 0.25) is 0 Å². The second kappa shape index (κ2) is 8.40. The Bertz CT molecular complexity index is 1330. The van der Waals surface area contributed by atoms with Gasteiger partial charge in [-0.05, 0) is 42.3 Å². The number of esters is 1. The third-order valence-corrected chi connectivity index (χ3v) is 5.88. The summed E-state index contributed by atoms with van der Waals surface area (Å²) < 4.78 is 5.17. The van der Waals surface area contributed by atoms with Crippen molar-refractivity contribution in [3.05, 3.63) is 106 Å². The van der Waals surface area contributed by atoms with E-state index in [0.717, 1.165) is 15.4 Å². The highest BCUT2D eigenvalue weighted by Gasteiger charge is 2.37.